The highest BCUT2D eigenvalue weighted by molar-refractivity contribution is 7.99. The van der Waals surface area contributed by atoms with Gasteiger partial charge >= 0.3 is 0 Å². The van der Waals surface area contributed by atoms with Crippen LogP contribution in [0.1, 0.15) is 5.56 Å². The van der Waals surface area contributed by atoms with Gasteiger partial charge in [0.2, 0.25) is 0 Å². The van der Waals surface area contributed by atoms with E-state index in [0.717, 1.165) is 16.6 Å². The van der Waals surface area contributed by atoms with E-state index in [4.69, 9.17) is 0 Å². The van der Waals surface area contributed by atoms with Crippen molar-refractivity contribution >= 4 is 28.7 Å². The van der Waals surface area contributed by atoms with E-state index in [1.165, 1.54) is 11.8 Å². The summed E-state index contributed by atoms with van der Waals surface area (Å²) in [6.07, 6.45) is 0. The van der Waals surface area contributed by atoms with Gasteiger partial charge in [-0.05, 0) is 17.7 Å². The van der Waals surface area contributed by atoms with Crippen molar-refractivity contribution in [2.45, 2.75) is 11.7 Å². The second kappa shape index (κ2) is 8.23. The van der Waals surface area contributed by atoms with Crippen molar-refractivity contribution in [2.24, 2.45) is 0 Å². The molecule has 0 aliphatic heterocycles. The molecule has 1 heterocycles. The molecule has 0 bridgehead atoms. The van der Waals surface area contributed by atoms with Gasteiger partial charge in [-0.25, -0.2) is 4.98 Å². The van der Waals surface area contributed by atoms with Crippen LogP contribution in [-0.2, 0) is 11.3 Å². The van der Waals surface area contributed by atoms with Gasteiger partial charge in [-0.3, -0.25) is 4.79 Å². The van der Waals surface area contributed by atoms with Crippen molar-refractivity contribution in [3.8, 4) is 6.07 Å². The molecule has 0 atom stereocenters. The Balaban J connectivity index is 1.63. The molecule has 1 aromatic heterocycles. The zero-order valence-corrected chi connectivity index (χ0v) is 14.6. The number of carbonyl (C=O) groups is 1. The summed E-state index contributed by atoms with van der Waals surface area (Å²) in [6.45, 7) is 0.287. The van der Waals surface area contributed by atoms with Crippen LogP contribution >= 0.6 is 11.8 Å². The maximum absolute atomic E-state index is 12.2. The Hall–Kier alpha value is -3.24. The van der Waals surface area contributed by atoms with Crippen LogP contribution in [0.3, 0.4) is 0 Å². The number of nitrogens with one attached hydrogen (secondary N) is 2. The summed E-state index contributed by atoms with van der Waals surface area (Å²) in [5, 5.41) is 22.6. The van der Waals surface area contributed by atoms with E-state index in [0.29, 0.717) is 5.16 Å². The van der Waals surface area contributed by atoms with E-state index in [1.54, 1.807) is 6.07 Å². The van der Waals surface area contributed by atoms with Crippen LogP contribution < -0.4 is 5.32 Å². The topological polar surface area (TPSA) is 102 Å². The lowest BCUT2D eigenvalue weighted by Gasteiger charge is -2.06. The van der Waals surface area contributed by atoms with Crippen molar-refractivity contribution < 1.29 is 9.90 Å². The fourth-order valence-electron chi connectivity index (χ4n) is 2.32. The molecule has 6 nitrogen and oxygen atoms in total. The third-order valence-corrected chi connectivity index (χ3v) is 4.52. The molecule has 0 saturated carbocycles. The quantitative estimate of drug-likeness (QED) is 0.270. The number of aromatic amines is 1. The lowest BCUT2D eigenvalue weighted by Crippen LogP contribution is -2.25. The minimum Gasteiger partial charge on any atom is -0.510 e. The highest BCUT2D eigenvalue weighted by atomic mass is 32.2. The number of nitriles is 1. The predicted octanol–water partition coefficient (Wildman–Crippen LogP) is 3.31. The smallest absolute Gasteiger partial charge is 0.265 e. The molecule has 7 heteroatoms. The second-order valence-electron chi connectivity index (χ2n) is 5.45. The van der Waals surface area contributed by atoms with Crippen LogP contribution in [0.25, 0.3) is 11.0 Å². The monoisotopic (exact) mass is 364 g/mol. The van der Waals surface area contributed by atoms with Crippen LogP contribution in [0.15, 0.2) is 71.1 Å². The fourth-order valence-corrected chi connectivity index (χ4v) is 3.08. The maximum atomic E-state index is 12.2. The summed E-state index contributed by atoms with van der Waals surface area (Å²) < 4.78 is 0. The molecule has 0 unspecified atom stereocenters. The van der Waals surface area contributed by atoms with Crippen molar-refractivity contribution in [1.82, 2.24) is 15.3 Å². The largest absolute Gasteiger partial charge is 0.510 e. The second-order valence-corrected chi connectivity index (χ2v) is 6.41. The highest BCUT2D eigenvalue weighted by Gasteiger charge is 2.15. The SMILES string of the molecule is N#CC(C(=O)NCc1ccccc1)=C(O)CSc1nc2ccccc2[nH]1. The van der Waals surface area contributed by atoms with Crippen LogP contribution in [0.2, 0.25) is 0 Å². The van der Waals surface area contributed by atoms with E-state index in [-0.39, 0.29) is 23.6 Å². The minimum absolute atomic E-state index is 0.0709. The molecule has 3 N–H and O–H groups in total. The van der Waals surface area contributed by atoms with Gasteiger partial charge in [0.25, 0.3) is 5.91 Å². The Bertz CT molecular complexity index is 956. The zero-order valence-electron chi connectivity index (χ0n) is 13.8. The van der Waals surface area contributed by atoms with Crippen molar-refractivity contribution in [3.05, 3.63) is 71.5 Å². The van der Waals surface area contributed by atoms with E-state index in [2.05, 4.69) is 15.3 Å². The number of aliphatic hydroxyl groups excluding tert-OH is 1. The van der Waals surface area contributed by atoms with E-state index in [1.807, 2.05) is 54.6 Å². The molecule has 130 valence electrons. The zero-order chi connectivity index (χ0) is 18.4. The summed E-state index contributed by atoms with van der Waals surface area (Å²) >= 11 is 1.22. The first-order valence-electron chi connectivity index (χ1n) is 7.89. The molecule has 0 fully saturated rings. The predicted molar refractivity (Wildman–Crippen MR) is 100 cm³/mol. The minimum atomic E-state index is -0.598. The molecule has 26 heavy (non-hydrogen) atoms. The molecule has 3 rings (SSSR count). The summed E-state index contributed by atoms with van der Waals surface area (Å²) in [7, 11) is 0. The summed E-state index contributed by atoms with van der Waals surface area (Å²) in [5.41, 5.74) is 2.33. The number of thioether (sulfide) groups is 1. The number of amides is 1. The van der Waals surface area contributed by atoms with Crippen molar-refractivity contribution in [3.63, 3.8) is 0 Å². The van der Waals surface area contributed by atoms with Gasteiger partial charge in [-0.15, -0.1) is 0 Å². The number of hydrogen-bond acceptors (Lipinski definition) is 5. The van der Waals surface area contributed by atoms with Gasteiger partial charge in [-0.1, -0.05) is 54.2 Å². The number of rotatable bonds is 6. The van der Waals surface area contributed by atoms with Gasteiger partial charge in [0.15, 0.2) is 10.7 Å². The van der Waals surface area contributed by atoms with E-state index < -0.39 is 5.91 Å². The van der Waals surface area contributed by atoms with Crippen molar-refractivity contribution in [2.75, 3.05) is 5.75 Å². The van der Waals surface area contributed by atoms with Gasteiger partial charge in [0.1, 0.15) is 11.8 Å². The van der Waals surface area contributed by atoms with Crippen molar-refractivity contribution in [1.29, 1.82) is 5.26 Å². The van der Waals surface area contributed by atoms with Crippen LogP contribution in [0.5, 0.6) is 0 Å². The summed E-state index contributed by atoms with van der Waals surface area (Å²) in [6, 6.07) is 18.7. The standard InChI is InChI=1S/C19H16N4O2S/c20-10-14(18(25)21-11-13-6-2-1-3-7-13)17(24)12-26-19-22-15-8-4-5-9-16(15)23-19/h1-9,24H,11-12H2,(H,21,25)(H,22,23). The van der Waals surface area contributed by atoms with E-state index in [9.17, 15) is 15.2 Å². The molecule has 1 amide bonds. The number of carbonyl (C=O) groups excluding carboxylic acids is 1. The number of hydrogen-bond donors (Lipinski definition) is 3. The third kappa shape index (κ3) is 4.23. The average Bonchev–Trinajstić information content (AvgIpc) is 3.09. The molecular formula is C19H16N4O2S. The van der Waals surface area contributed by atoms with Gasteiger partial charge in [-0.2, -0.15) is 5.26 Å². The molecule has 2 aromatic carbocycles. The number of aromatic nitrogens is 2. The van der Waals surface area contributed by atoms with Gasteiger partial charge in [0, 0.05) is 6.54 Å². The third-order valence-electron chi connectivity index (χ3n) is 3.64. The number of aliphatic hydroxyl groups is 1. The number of fused-ring (bicyclic) bond motifs is 1. The Morgan fingerprint density at radius 3 is 2.65 bits per heavy atom. The van der Waals surface area contributed by atoms with Crippen LogP contribution in [-0.4, -0.2) is 26.7 Å². The van der Waals surface area contributed by atoms with Crippen LogP contribution in [0.4, 0.5) is 0 Å². The first kappa shape index (κ1) is 17.6. The number of benzene rings is 2. The molecular weight excluding hydrogens is 348 g/mol. The maximum Gasteiger partial charge on any atom is 0.265 e. The Morgan fingerprint density at radius 1 is 1.19 bits per heavy atom. The normalized spacial score (nSPS) is 11.7. The Labute approximate surface area is 154 Å². The number of nitrogens with zero attached hydrogens (tertiary/aromatic N) is 2. The number of para-hydroxylation sites is 2. The molecule has 3 aromatic rings. The average molecular weight is 364 g/mol. The molecule has 0 aliphatic carbocycles. The molecule has 0 spiro atoms. The highest BCUT2D eigenvalue weighted by Crippen LogP contribution is 2.21. The first-order valence-corrected chi connectivity index (χ1v) is 8.88. The van der Waals surface area contributed by atoms with Crippen LogP contribution in [0, 0.1) is 11.3 Å². The number of imidazole rings is 1. The molecule has 0 saturated heterocycles. The van der Waals surface area contributed by atoms with Gasteiger partial charge in [0.05, 0.1) is 16.8 Å². The fraction of sp³-hybridized carbons (Fsp3) is 0.105. The Morgan fingerprint density at radius 2 is 1.92 bits per heavy atom. The first-order chi connectivity index (χ1) is 12.7. The van der Waals surface area contributed by atoms with E-state index >= 15 is 0 Å². The lowest BCUT2D eigenvalue weighted by molar-refractivity contribution is -0.117. The molecule has 0 aliphatic rings. The molecule has 0 radical (unpaired) electrons. The summed E-state index contributed by atoms with van der Waals surface area (Å²) in [5.74, 6) is -0.802. The number of H-pyrrole nitrogens is 1. The summed E-state index contributed by atoms with van der Waals surface area (Å²) in [4.78, 5) is 19.7. The van der Waals surface area contributed by atoms with Gasteiger partial charge < -0.3 is 15.4 Å². The lowest BCUT2D eigenvalue weighted by atomic mass is 10.2. The Kier molecular flexibility index (Phi) is 5.56.